The van der Waals surface area contributed by atoms with E-state index < -0.39 is 0 Å². The van der Waals surface area contributed by atoms with Gasteiger partial charge in [0.15, 0.2) is 5.82 Å². The molecule has 8 nitrogen and oxygen atoms in total. The van der Waals surface area contributed by atoms with Crippen molar-refractivity contribution in [1.29, 1.82) is 0 Å². The van der Waals surface area contributed by atoms with E-state index in [1.165, 1.54) is 25.7 Å². The summed E-state index contributed by atoms with van der Waals surface area (Å²) >= 11 is 0. The van der Waals surface area contributed by atoms with Crippen molar-refractivity contribution in [1.82, 2.24) is 20.4 Å². The molecule has 2 saturated carbocycles. The minimum Gasteiger partial charge on any atom is -0.441 e. The molecule has 3 aliphatic heterocycles. The Labute approximate surface area is 165 Å². The highest BCUT2D eigenvalue weighted by molar-refractivity contribution is 5.71. The van der Waals surface area contributed by atoms with E-state index in [0.717, 1.165) is 51.4 Å². The van der Waals surface area contributed by atoms with E-state index in [9.17, 15) is 4.79 Å². The average molecular weight is 387 g/mol. The van der Waals surface area contributed by atoms with E-state index in [1.807, 2.05) is 6.92 Å². The van der Waals surface area contributed by atoms with Crippen molar-refractivity contribution in [3.63, 3.8) is 0 Å². The molecule has 0 aromatic carbocycles. The van der Waals surface area contributed by atoms with Gasteiger partial charge in [0.2, 0.25) is 0 Å². The number of nitrogens with zero attached hydrogens (tertiary/aromatic N) is 4. The summed E-state index contributed by atoms with van der Waals surface area (Å²) in [7, 11) is 0. The van der Waals surface area contributed by atoms with Gasteiger partial charge in [-0.3, -0.25) is 0 Å². The van der Waals surface area contributed by atoms with Crippen LogP contribution in [-0.4, -0.2) is 65.0 Å². The second-order valence-electron chi connectivity index (χ2n) is 9.91. The first-order chi connectivity index (χ1) is 13.5. The molecule has 4 heterocycles. The Kier molecular flexibility index (Phi) is 3.56. The number of carbonyl (C=O) groups excluding carboxylic acids is 1. The van der Waals surface area contributed by atoms with Crippen LogP contribution in [0.4, 0.5) is 10.8 Å². The number of hydrogen-bond acceptors (Lipinski definition) is 7. The summed E-state index contributed by atoms with van der Waals surface area (Å²) in [6.07, 6.45) is 7.99. The van der Waals surface area contributed by atoms with E-state index in [0.29, 0.717) is 23.3 Å². The van der Waals surface area contributed by atoms with E-state index >= 15 is 0 Å². The Morgan fingerprint density at radius 2 is 1.96 bits per heavy atom. The Morgan fingerprint density at radius 1 is 1.21 bits per heavy atom. The van der Waals surface area contributed by atoms with Crippen LogP contribution in [0.2, 0.25) is 0 Å². The van der Waals surface area contributed by atoms with E-state index in [-0.39, 0.29) is 17.7 Å². The van der Waals surface area contributed by atoms with Crippen LogP contribution < -0.4 is 10.2 Å². The predicted octanol–water partition coefficient (Wildman–Crippen LogP) is 2.09. The quantitative estimate of drug-likeness (QED) is 0.847. The molecule has 6 rings (SSSR count). The summed E-state index contributed by atoms with van der Waals surface area (Å²) in [5, 5.41) is 7.00. The van der Waals surface area contributed by atoms with Gasteiger partial charge in [-0.05, 0) is 32.1 Å². The minimum atomic E-state index is -0.249. The number of alkyl carbamates (subject to hydrolysis) is 1. The number of aryl methyl sites for hydroxylation is 1. The summed E-state index contributed by atoms with van der Waals surface area (Å²) in [6, 6.07) is 1.57. The maximum atomic E-state index is 11.9. The zero-order valence-corrected chi connectivity index (χ0v) is 16.5. The lowest BCUT2D eigenvalue weighted by molar-refractivity contribution is -0.0727. The highest BCUT2D eigenvalue weighted by atomic mass is 16.6. The van der Waals surface area contributed by atoms with Gasteiger partial charge in [-0.25, -0.2) is 4.79 Å². The molecule has 1 unspecified atom stereocenters. The van der Waals surface area contributed by atoms with Gasteiger partial charge < -0.3 is 24.4 Å². The average Bonchev–Trinajstić information content (AvgIpc) is 3.24. The summed E-state index contributed by atoms with van der Waals surface area (Å²) in [6.45, 7) is 6.02. The SMILES string of the molecule is Cc1noc(N2CC3(CC(N4CCC5(CC4)OC(=O)NC5CC4CC4)C3)C2)n1. The van der Waals surface area contributed by atoms with Crippen molar-refractivity contribution in [2.45, 2.75) is 69.6 Å². The maximum Gasteiger partial charge on any atom is 0.408 e. The van der Waals surface area contributed by atoms with Crippen molar-refractivity contribution < 1.29 is 14.1 Å². The Balaban J connectivity index is 1.02. The lowest BCUT2D eigenvalue weighted by Crippen LogP contribution is -2.68. The molecular weight excluding hydrogens is 358 g/mol. The van der Waals surface area contributed by atoms with Gasteiger partial charge in [0.1, 0.15) is 5.60 Å². The van der Waals surface area contributed by atoms with Crippen LogP contribution in [0.5, 0.6) is 0 Å². The van der Waals surface area contributed by atoms with Crippen molar-refractivity contribution in [3.8, 4) is 0 Å². The number of aromatic nitrogens is 2. The molecule has 0 bridgehead atoms. The Bertz CT molecular complexity index is 769. The first kappa shape index (κ1) is 17.1. The van der Waals surface area contributed by atoms with Crippen LogP contribution in [0.15, 0.2) is 4.52 Å². The highest BCUT2D eigenvalue weighted by Gasteiger charge is 2.57. The van der Waals surface area contributed by atoms with Gasteiger partial charge in [-0.1, -0.05) is 18.0 Å². The Morgan fingerprint density at radius 3 is 2.61 bits per heavy atom. The van der Waals surface area contributed by atoms with Crippen LogP contribution in [-0.2, 0) is 4.74 Å². The molecule has 1 aromatic heterocycles. The summed E-state index contributed by atoms with van der Waals surface area (Å²) in [5.74, 6) is 1.50. The second-order valence-corrected chi connectivity index (χ2v) is 9.91. The molecule has 2 aliphatic carbocycles. The number of ether oxygens (including phenoxy) is 1. The van der Waals surface area contributed by atoms with E-state index in [4.69, 9.17) is 9.26 Å². The molecule has 8 heteroatoms. The molecule has 5 fully saturated rings. The molecule has 1 amide bonds. The highest BCUT2D eigenvalue weighted by Crippen LogP contribution is 2.52. The molecular formula is C20H29N5O3. The first-order valence-corrected chi connectivity index (χ1v) is 10.8. The predicted molar refractivity (Wildman–Crippen MR) is 101 cm³/mol. The monoisotopic (exact) mass is 387 g/mol. The van der Waals surface area contributed by atoms with Crippen LogP contribution in [0, 0.1) is 18.3 Å². The topological polar surface area (TPSA) is 83.7 Å². The van der Waals surface area contributed by atoms with Crippen molar-refractivity contribution in [2.75, 3.05) is 31.1 Å². The molecule has 2 spiro atoms. The standard InChI is InChI=1S/C20H29N5O3/c1-13-21-17(28-23-13)25-11-19(12-25)9-15(10-19)24-6-4-20(5-7-24)16(8-14-2-3-14)22-18(26)27-20/h14-16H,2-12H2,1H3,(H,22,26). The smallest absolute Gasteiger partial charge is 0.408 e. The summed E-state index contributed by atoms with van der Waals surface area (Å²) in [5.41, 5.74) is 0.193. The van der Waals surface area contributed by atoms with Gasteiger partial charge >= 0.3 is 12.1 Å². The van der Waals surface area contributed by atoms with E-state index in [2.05, 4.69) is 25.3 Å². The van der Waals surface area contributed by atoms with Crippen LogP contribution >= 0.6 is 0 Å². The van der Waals surface area contributed by atoms with Gasteiger partial charge in [-0.2, -0.15) is 4.98 Å². The first-order valence-electron chi connectivity index (χ1n) is 10.8. The second kappa shape index (κ2) is 5.84. The Hall–Kier alpha value is -1.83. The molecule has 1 N–H and O–H groups in total. The third kappa shape index (κ3) is 2.71. The third-order valence-electron chi connectivity index (χ3n) is 7.83. The maximum absolute atomic E-state index is 11.9. The number of rotatable bonds is 4. The van der Waals surface area contributed by atoms with Gasteiger partial charge in [0, 0.05) is 50.5 Å². The van der Waals surface area contributed by atoms with E-state index in [1.54, 1.807) is 0 Å². The van der Waals surface area contributed by atoms with Crippen LogP contribution in [0.25, 0.3) is 0 Å². The number of amides is 1. The number of hydrogen-bond donors (Lipinski definition) is 1. The molecule has 1 aromatic rings. The van der Waals surface area contributed by atoms with Gasteiger partial charge in [0.25, 0.3) is 0 Å². The fourth-order valence-corrected chi connectivity index (χ4v) is 6.01. The summed E-state index contributed by atoms with van der Waals surface area (Å²) < 4.78 is 11.1. The molecule has 0 radical (unpaired) electrons. The normalized spacial score (nSPS) is 31.5. The minimum absolute atomic E-state index is 0.201. The molecule has 5 aliphatic rings. The number of likely N-dealkylation sites (tertiary alicyclic amines) is 1. The molecule has 152 valence electrons. The number of carbonyl (C=O) groups is 1. The largest absolute Gasteiger partial charge is 0.441 e. The molecule has 1 atom stereocenters. The number of piperidine rings is 1. The van der Waals surface area contributed by atoms with Crippen molar-refractivity contribution in [3.05, 3.63) is 5.82 Å². The van der Waals surface area contributed by atoms with Gasteiger partial charge in [0.05, 0.1) is 6.04 Å². The van der Waals surface area contributed by atoms with Crippen LogP contribution in [0.3, 0.4) is 0 Å². The number of anilines is 1. The van der Waals surface area contributed by atoms with Gasteiger partial charge in [-0.15, -0.1) is 0 Å². The van der Waals surface area contributed by atoms with Crippen molar-refractivity contribution in [2.24, 2.45) is 11.3 Å². The fourth-order valence-electron chi connectivity index (χ4n) is 6.01. The fraction of sp³-hybridized carbons (Fsp3) is 0.850. The van der Waals surface area contributed by atoms with Crippen LogP contribution in [0.1, 0.15) is 50.8 Å². The van der Waals surface area contributed by atoms with Crippen molar-refractivity contribution >= 4 is 12.1 Å². The lowest BCUT2D eigenvalue weighted by Gasteiger charge is -2.61. The molecule has 28 heavy (non-hydrogen) atoms. The summed E-state index contributed by atoms with van der Waals surface area (Å²) in [4.78, 5) is 21.1. The zero-order chi connectivity index (χ0) is 18.9. The zero-order valence-electron chi connectivity index (χ0n) is 16.5. The lowest BCUT2D eigenvalue weighted by atomic mass is 9.60. The number of nitrogens with one attached hydrogen (secondary N) is 1. The molecule has 3 saturated heterocycles. The third-order valence-corrected chi connectivity index (χ3v) is 7.83.